The van der Waals surface area contributed by atoms with Gasteiger partial charge in [-0.2, -0.15) is 0 Å². The first kappa shape index (κ1) is 13.4. The van der Waals surface area contributed by atoms with Gasteiger partial charge in [0.15, 0.2) is 0 Å². The Hall–Kier alpha value is -0.650. The summed E-state index contributed by atoms with van der Waals surface area (Å²) in [7, 11) is 4.14. The number of likely N-dealkylation sites (tertiary alicyclic amines) is 1. The predicted molar refractivity (Wildman–Crippen MR) is 63.4 cm³/mol. The fourth-order valence-electron chi connectivity index (χ4n) is 2.25. The minimum atomic E-state index is -0.900. The van der Waals surface area contributed by atoms with E-state index in [0.717, 1.165) is 19.6 Å². The molecule has 0 radical (unpaired) electrons. The lowest BCUT2D eigenvalue weighted by Crippen LogP contribution is -2.41. The van der Waals surface area contributed by atoms with Gasteiger partial charge >= 0.3 is 5.97 Å². The molecule has 1 aliphatic rings. The molecule has 0 saturated carbocycles. The van der Waals surface area contributed by atoms with Gasteiger partial charge in [-0.05, 0) is 39.9 Å². The Balaban J connectivity index is 2.32. The summed E-state index contributed by atoms with van der Waals surface area (Å²) in [5.74, 6) is -0.900. The molecular weight excluding hydrogens is 206 g/mol. The fraction of sp³-hybridized carbons (Fsp3) is 0.909. The van der Waals surface area contributed by atoms with Gasteiger partial charge in [-0.3, -0.25) is 9.69 Å². The van der Waals surface area contributed by atoms with Gasteiger partial charge in [-0.1, -0.05) is 0 Å². The van der Waals surface area contributed by atoms with Crippen molar-refractivity contribution < 1.29 is 9.90 Å². The molecule has 0 bridgehead atoms. The highest BCUT2D eigenvalue weighted by Crippen LogP contribution is 2.18. The molecule has 5 nitrogen and oxygen atoms in total. The van der Waals surface area contributed by atoms with Crippen LogP contribution in [-0.4, -0.2) is 66.7 Å². The summed E-state index contributed by atoms with van der Waals surface area (Å²) in [6, 6.07) is -0.156. The lowest BCUT2D eigenvalue weighted by Gasteiger charge is -2.27. The Labute approximate surface area is 97.2 Å². The first-order valence-electron chi connectivity index (χ1n) is 5.88. The molecule has 1 aliphatic heterocycles. The Kier molecular flexibility index (Phi) is 5.18. The van der Waals surface area contributed by atoms with Gasteiger partial charge in [-0.25, -0.2) is 0 Å². The minimum absolute atomic E-state index is 0.541. The van der Waals surface area contributed by atoms with E-state index in [1.807, 2.05) is 0 Å². The van der Waals surface area contributed by atoms with Gasteiger partial charge in [0.05, 0.1) is 0 Å². The number of rotatable bonds is 6. The van der Waals surface area contributed by atoms with Crippen LogP contribution in [0.1, 0.15) is 19.3 Å². The number of nitrogens with two attached hydrogens (primary N) is 1. The van der Waals surface area contributed by atoms with Crippen LogP contribution in [0, 0.1) is 0 Å². The van der Waals surface area contributed by atoms with Crippen LogP contribution in [0.3, 0.4) is 0 Å². The molecule has 0 spiro atoms. The Bertz CT molecular complexity index is 233. The summed E-state index contributed by atoms with van der Waals surface area (Å²) in [5, 5.41) is 8.72. The van der Waals surface area contributed by atoms with Gasteiger partial charge in [0.1, 0.15) is 6.04 Å². The number of hydrogen-bond donors (Lipinski definition) is 2. The van der Waals surface area contributed by atoms with E-state index >= 15 is 0 Å². The predicted octanol–water partition coefficient (Wildman–Crippen LogP) is -0.186. The van der Waals surface area contributed by atoms with Crippen molar-refractivity contribution >= 4 is 5.97 Å². The van der Waals surface area contributed by atoms with Crippen molar-refractivity contribution in [3.8, 4) is 0 Å². The number of aliphatic carboxylic acids is 1. The first-order valence-corrected chi connectivity index (χ1v) is 5.88. The number of carbonyl (C=O) groups is 1. The van der Waals surface area contributed by atoms with E-state index in [4.69, 9.17) is 10.8 Å². The average Bonchev–Trinajstić information content (AvgIpc) is 2.60. The number of hydrogen-bond acceptors (Lipinski definition) is 4. The second-order valence-electron chi connectivity index (χ2n) is 4.83. The van der Waals surface area contributed by atoms with Gasteiger partial charge in [0.2, 0.25) is 0 Å². The normalized spacial score (nSPS) is 23.9. The molecule has 1 heterocycles. The molecule has 1 saturated heterocycles. The highest BCUT2D eigenvalue weighted by atomic mass is 16.4. The van der Waals surface area contributed by atoms with Crippen LogP contribution >= 0.6 is 0 Å². The van der Waals surface area contributed by atoms with E-state index in [9.17, 15) is 4.79 Å². The summed E-state index contributed by atoms with van der Waals surface area (Å²) in [6.07, 6.45) is 2.96. The molecule has 94 valence electrons. The quantitative estimate of drug-likeness (QED) is 0.661. The molecule has 0 amide bonds. The SMILES string of the molecule is CN(C)CC1CCCN1CCC(N)C(=O)O. The Morgan fingerprint density at radius 1 is 1.62 bits per heavy atom. The average molecular weight is 229 g/mol. The van der Waals surface area contributed by atoms with Crippen molar-refractivity contribution in [1.82, 2.24) is 9.80 Å². The molecule has 16 heavy (non-hydrogen) atoms. The van der Waals surface area contributed by atoms with Crippen LogP contribution in [-0.2, 0) is 4.79 Å². The maximum absolute atomic E-state index is 10.6. The highest BCUT2D eigenvalue weighted by Gasteiger charge is 2.25. The third kappa shape index (κ3) is 4.08. The van der Waals surface area contributed by atoms with Crippen LogP contribution in [0.25, 0.3) is 0 Å². The fourth-order valence-corrected chi connectivity index (χ4v) is 2.25. The van der Waals surface area contributed by atoms with Crippen molar-refractivity contribution in [3.05, 3.63) is 0 Å². The molecule has 0 aromatic heterocycles. The number of carboxylic acids is 1. The van der Waals surface area contributed by atoms with Crippen molar-refractivity contribution in [2.24, 2.45) is 5.73 Å². The standard InChI is InChI=1S/C11H23N3O2/c1-13(2)8-9-4-3-6-14(9)7-5-10(12)11(15)16/h9-10H,3-8,12H2,1-2H3,(H,15,16). The summed E-state index contributed by atoms with van der Waals surface area (Å²) < 4.78 is 0. The van der Waals surface area contributed by atoms with E-state index in [0.29, 0.717) is 12.5 Å². The smallest absolute Gasteiger partial charge is 0.320 e. The lowest BCUT2D eigenvalue weighted by molar-refractivity contribution is -0.138. The van der Waals surface area contributed by atoms with Crippen LogP contribution in [0.2, 0.25) is 0 Å². The number of nitrogens with zero attached hydrogens (tertiary/aromatic N) is 2. The third-order valence-electron chi connectivity index (χ3n) is 3.12. The van der Waals surface area contributed by atoms with Crippen molar-refractivity contribution in [3.63, 3.8) is 0 Å². The zero-order chi connectivity index (χ0) is 12.1. The summed E-state index contributed by atoms with van der Waals surface area (Å²) in [5.41, 5.74) is 5.50. The first-order chi connectivity index (χ1) is 7.50. The van der Waals surface area contributed by atoms with Crippen LogP contribution in [0.5, 0.6) is 0 Å². The maximum Gasteiger partial charge on any atom is 0.320 e. The monoisotopic (exact) mass is 229 g/mol. The zero-order valence-corrected chi connectivity index (χ0v) is 10.2. The van der Waals surface area contributed by atoms with Crippen molar-refractivity contribution in [2.45, 2.75) is 31.3 Å². The van der Waals surface area contributed by atoms with Gasteiger partial charge < -0.3 is 15.7 Å². The second kappa shape index (κ2) is 6.18. The topological polar surface area (TPSA) is 69.8 Å². The third-order valence-corrected chi connectivity index (χ3v) is 3.12. The molecule has 2 unspecified atom stereocenters. The number of carboxylic acid groups (broad SMARTS) is 1. The molecule has 1 rings (SSSR count). The van der Waals surface area contributed by atoms with Crippen LogP contribution in [0.4, 0.5) is 0 Å². The second-order valence-corrected chi connectivity index (χ2v) is 4.83. The summed E-state index contributed by atoms with van der Waals surface area (Å²) >= 11 is 0. The molecular formula is C11H23N3O2. The van der Waals surface area contributed by atoms with E-state index in [-0.39, 0.29) is 0 Å². The minimum Gasteiger partial charge on any atom is -0.480 e. The Morgan fingerprint density at radius 2 is 2.31 bits per heavy atom. The zero-order valence-electron chi connectivity index (χ0n) is 10.2. The highest BCUT2D eigenvalue weighted by molar-refractivity contribution is 5.72. The summed E-state index contributed by atoms with van der Waals surface area (Å²) in [4.78, 5) is 15.2. The molecule has 5 heteroatoms. The molecule has 2 atom stereocenters. The number of likely N-dealkylation sites (N-methyl/N-ethyl adjacent to an activating group) is 1. The van der Waals surface area contributed by atoms with E-state index in [1.165, 1.54) is 12.8 Å². The molecule has 1 fully saturated rings. The van der Waals surface area contributed by atoms with E-state index in [2.05, 4.69) is 23.9 Å². The maximum atomic E-state index is 10.6. The summed E-state index contributed by atoms with van der Waals surface area (Å²) in [6.45, 7) is 2.92. The van der Waals surface area contributed by atoms with E-state index < -0.39 is 12.0 Å². The van der Waals surface area contributed by atoms with E-state index in [1.54, 1.807) is 0 Å². The van der Waals surface area contributed by atoms with Crippen molar-refractivity contribution in [1.29, 1.82) is 0 Å². The molecule has 0 aromatic carbocycles. The van der Waals surface area contributed by atoms with Gasteiger partial charge in [-0.15, -0.1) is 0 Å². The lowest BCUT2D eigenvalue weighted by atomic mass is 10.2. The largest absolute Gasteiger partial charge is 0.480 e. The van der Waals surface area contributed by atoms with Crippen LogP contribution < -0.4 is 5.73 Å². The van der Waals surface area contributed by atoms with Crippen molar-refractivity contribution in [2.75, 3.05) is 33.7 Å². The molecule has 0 aromatic rings. The van der Waals surface area contributed by atoms with Crippen LogP contribution in [0.15, 0.2) is 0 Å². The molecule has 0 aliphatic carbocycles. The van der Waals surface area contributed by atoms with Gasteiger partial charge in [0, 0.05) is 19.1 Å². The Morgan fingerprint density at radius 3 is 2.88 bits per heavy atom. The van der Waals surface area contributed by atoms with Gasteiger partial charge in [0.25, 0.3) is 0 Å². The molecule has 3 N–H and O–H groups in total.